The van der Waals surface area contributed by atoms with Gasteiger partial charge in [-0.2, -0.15) is 0 Å². The summed E-state index contributed by atoms with van der Waals surface area (Å²) >= 11 is 0. The Hall–Kier alpha value is -1.13. The van der Waals surface area contributed by atoms with Gasteiger partial charge >= 0.3 is 0 Å². The van der Waals surface area contributed by atoms with Gasteiger partial charge in [-0.3, -0.25) is 4.90 Å². The Balaban J connectivity index is 2.12. The molecule has 0 amide bonds. The van der Waals surface area contributed by atoms with Crippen LogP contribution in [0.1, 0.15) is 31.4 Å². The molecule has 0 bridgehead atoms. The molecule has 0 aliphatic carbocycles. The molecule has 1 fully saturated rings. The third kappa shape index (κ3) is 2.82. The Bertz CT molecular complexity index is 411. The van der Waals surface area contributed by atoms with E-state index in [1.807, 2.05) is 6.07 Å². The maximum Gasteiger partial charge on any atom is 0.165 e. The fraction of sp³-hybridized carbons (Fsp3) is 0.571. The predicted octanol–water partition coefficient (Wildman–Crippen LogP) is 2.32. The van der Waals surface area contributed by atoms with Crippen molar-refractivity contribution in [1.82, 2.24) is 4.90 Å². The standard InChI is InChI=1S/C14H21FN2O/c1-10(17-7-3-4-12(16)9-17)11-5-6-14(18-2)13(15)8-11/h5-6,8,10,12H,3-4,7,9,16H2,1-2H3. The van der Waals surface area contributed by atoms with Crippen LogP contribution in [-0.2, 0) is 0 Å². The number of likely N-dealkylation sites (tertiary alicyclic amines) is 1. The van der Waals surface area contributed by atoms with Gasteiger partial charge in [0, 0.05) is 18.6 Å². The summed E-state index contributed by atoms with van der Waals surface area (Å²) in [4.78, 5) is 2.31. The SMILES string of the molecule is COc1ccc(C(C)N2CCCC(N)C2)cc1F. The molecule has 4 heteroatoms. The average molecular weight is 252 g/mol. The van der Waals surface area contributed by atoms with E-state index in [9.17, 15) is 4.39 Å². The van der Waals surface area contributed by atoms with Crippen molar-refractivity contribution in [3.05, 3.63) is 29.6 Å². The first-order valence-corrected chi connectivity index (χ1v) is 6.45. The quantitative estimate of drug-likeness (QED) is 0.897. The van der Waals surface area contributed by atoms with Crippen molar-refractivity contribution in [3.8, 4) is 5.75 Å². The molecule has 3 nitrogen and oxygen atoms in total. The van der Waals surface area contributed by atoms with E-state index < -0.39 is 0 Å². The zero-order valence-corrected chi connectivity index (χ0v) is 11.0. The van der Waals surface area contributed by atoms with Crippen LogP contribution in [0.5, 0.6) is 5.75 Å². The van der Waals surface area contributed by atoms with Crippen LogP contribution in [0.3, 0.4) is 0 Å². The number of halogens is 1. The van der Waals surface area contributed by atoms with Crippen molar-refractivity contribution in [2.24, 2.45) is 5.73 Å². The number of ether oxygens (including phenoxy) is 1. The molecule has 1 aliphatic heterocycles. The van der Waals surface area contributed by atoms with Crippen LogP contribution in [0.25, 0.3) is 0 Å². The Morgan fingerprint density at radius 1 is 1.50 bits per heavy atom. The fourth-order valence-electron chi connectivity index (χ4n) is 2.55. The summed E-state index contributed by atoms with van der Waals surface area (Å²) in [6.07, 6.45) is 2.20. The molecule has 18 heavy (non-hydrogen) atoms. The maximum atomic E-state index is 13.7. The van der Waals surface area contributed by atoms with Crippen LogP contribution >= 0.6 is 0 Å². The van der Waals surface area contributed by atoms with Gasteiger partial charge < -0.3 is 10.5 Å². The summed E-state index contributed by atoms with van der Waals surface area (Å²) in [5, 5.41) is 0. The molecule has 0 radical (unpaired) electrons. The molecule has 2 atom stereocenters. The smallest absolute Gasteiger partial charge is 0.165 e. The number of hydrogen-bond acceptors (Lipinski definition) is 3. The summed E-state index contributed by atoms with van der Waals surface area (Å²) in [6, 6.07) is 5.60. The van der Waals surface area contributed by atoms with Gasteiger partial charge in [0.15, 0.2) is 11.6 Å². The molecule has 1 saturated heterocycles. The molecular formula is C14H21FN2O. The second kappa shape index (κ2) is 5.67. The first-order valence-electron chi connectivity index (χ1n) is 6.45. The molecule has 100 valence electrons. The Labute approximate surface area is 108 Å². The lowest BCUT2D eigenvalue weighted by Gasteiger charge is -2.35. The van der Waals surface area contributed by atoms with Crippen molar-refractivity contribution < 1.29 is 9.13 Å². The first kappa shape index (κ1) is 13.3. The van der Waals surface area contributed by atoms with Crippen LogP contribution in [0.2, 0.25) is 0 Å². The molecular weight excluding hydrogens is 231 g/mol. The van der Waals surface area contributed by atoms with Crippen LogP contribution in [0.4, 0.5) is 4.39 Å². The molecule has 2 rings (SSSR count). The van der Waals surface area contributed by atoms with Gasteiger partial charge in [-0.1, -0.05) is 6.07 Å². The number of piperidine rings is 1. The topological polar surface area (TPSA) is 38.5 Å². The highest BCUT2D eigenvalue weighted by atomic mass is 19.1. The van der Waals surface area contributed by atoms with E-state index in [0.29, 0.717) is 5.75 Å². The first-order chi connectivity index (χ1) is 8.61. The molecule has 1 aromatic carbocycles. The summed E-state index contributed by atoms with van der Waals surface area (Å²) in [5.74, 6) is -0.00977. The second-order valence-electron chi connectivity index (χ2n) is 4.97. The second-order valence-corrected chi connectivity index (χ2v) is 4.97. The van der Waals surface area contributed by atoms with E-state index in [0.717, 1.165) is 31.5 Å². The minimum atomic E-state index is -0.303. The summed E-state index contributed by atoms with van der Waals surface area (Å²) < 4.78 is 18.6. The molecule has 2 unspecified atom stereocenters. The molecule has 0 aromatic heterocycles. The highest BCUT2D eigenvalue weighted by Gasteiger charge is 2.22. The third-order valence-electron chi connectivity index (χ3n) is 3.70. The Morgan fingerprint density at radius 3 is 2.89 bits per heavy atom. The van der Waals surface area contributed by atoms with Gasteiger partial charge in [0.2, 0.25) is 0 Å². The highest BCUT2D eigenvalue weighted by molar-refractivity contribution is 5.30. The van der Waals surface area contributed by atoms with Gasteiger partial charge in [0.25, 0.3) is 0 Å². The highest BCUT2D eigenvalue weighted by Crippen LogP contribution is 2.27. The van der Waals surface area contributed by atoms with Crippen LogP contribution < -0.4 is 10.5 Å². The third-order valence-corrected chi connectivity index (χ3v) is 3.70. The van der Waals surface area contributed by atoms with Gasteiger partial charge in [-0.25, -0.2) is 4.39 Å². The van der Waals surface area contributed by atoms with Crippen LogP contribution in [0.15, 0.2) is 18.2 Å². The summed E-state index contributed by atoms with van der Waals surface area (Å²) in [7, 11) is 1.48. The van der Waals surface area contributed by atoms with Crippen molar-refractivity contribution >= 4 is 0 Å². The minimum absolute atomic E-state index is 0.191. The van der Waals surface area contributed by atoms with E-state index >= 15 is 0 Å². The zero-order valence-electron chi connectivity index (χ0n) is 11.0. The largest absolute Gasteiger partial charge is 0.494 e. The number of methoxy groups -OCH3 is 1. The van der Waals surface area contributed by atoms with Gasteiger partial charge in [-0.15, -0.1) is 0 Å². The van der Waals surface area contributed by atoms with Crippen LogP contribution in [0, 0.1) is 5.82 Å². The molecule has 1 aliphatic rings. The van der Waals surface area contributed by atoms with Crippen molar-refractivity contribution in [2.75, 3.05) is 20.2 Å². The maximum absolute atomic E-state index is 13.7. The average Bonchev–Trinajstić information content (AvgIpc) is 2.37. The van der Waals surface area contributed by atoms with Gasteiger partial charge in [-0.05, 0) is 44.0 Å². The van der Waals surface area contributed by atoms with E-state index in [1.165, 1.54) is 7.11 Å². The number of hydrogen-bond donors (Lipinski definition) is 1. The Kier molecular flexibility index (Phi) is 4.19. The van der Waals surface area contributed by atoms with Crippen molar-refractivity contribution in [3.63, 3.8) is 0 Å². The van der Waals surface area contributed by atoms with Gasteiger partial charge in [0.1, 0.15) is 0 Å². The molecule has 0 saturated carbocycles. The van der Waals surface area contributed by atoms with E-state index in [4.69, 9.17) is 10.5 Å². The lowest BCUT2D eigenvalue weighted by Crippen LogP contribution is -2.43. The van der Waals surface area contributed by atoms with E-state index in [1.54, 1.807) is 12.1 Å². The molecule has 1 aromatic rings. The number of nitrogens with two attached hydrogens (primary N) is 1. The summed E-state index contributed by atoms with van der Waals surface area (Å²) in [5.41, 5.74) is 6.96. The van der Waals surface area contributed by atoms with Crippen molar-refractivity contribution in [2.45, 2.75) is 31.8 Å². The van der Waals surface area contributed by atoms with E-state index in [-0.39, 0.29) is 17.9 Å². The molecule has 0 spiro atoms. The summed E-state index contributed by atoms with van der Waals surface area (Å²) in [6.45, 7) is 4.01. The molecule has 2 N–H and O–H groups in total. The predicted molar refractivity (Wildman–Crippen MR) is 70.1 cm³/mol. The lowest BCUT2D eigenvalue weighted by atomic mass is 10.0. The van der Waals surface area contributed by atoms with Crippen molar-refractivity contribution in [1.29, 1.82) is 0 Å². The normalized spacial score (nSPS) is 22.8. The van der Waals surface area contributed by atoms with Gasteiger partial charge in [0.05, 0.1) is 7.11 Å². The minimum Gasteiger partial charge on any atom is -0.494 e. The number of rotatable bonds is 3. The molecule has 1 heterocycles. The van der Waals surface area contributed by atoms with E-state index in [2.05, 4.69) is 11.8 Å². The lowest BCUT2D eigenvalue weighted by molar-refractivity contribution is 0.159. The monoisotopic (exact) mass is 252 g/mol. The Morgan fingerprint density at radius 2 is 2.28 bits per heavy atom. The fourth-order valence-corrected chi connectivity index (χ4v) is 2.55. The number of benzene rings is 1. The number of nitrogens with zero attached hydrogens (tertiary/aromatic N) is 1. The zero-order chi connectivity index (χ0) is 13.1. The van der Waals surface area contributed by atoms with Crippen LogP contribution in [-0.4, -0.2) is 31.1 Å².